The van der Waals surface area contributed by atoms with Crippen LogP contribution in [0.5, 0.6) is 0 Å². The van der Waals surface area contributed by atoms with E-state index in [1.807, 2.05) is 20.8 Å². The lowest BCUT2D eigenvalue weighted by Gasteiger charge is -2.31. The lowest BCUT2D eigenvalue weighted by Crippen LogP contribution is -2.52. The zero-order valence-electron chi connectivity index (χ0n) is 12.3. The van der Waals surface area contributed by atoms with E-state index < -0.39 is 15.8 Å². The summed E-state index contributed by atoms with van der Waals surface area (Å²) in [6.45, 7) is 7.39. The Morgan fingerprint density at radius 2 is 2.00 bits per heavy atom. The first kappa shape index (κ1) is 15.5. The van der Waals surface area contributed by atoms with Crippen LogP contribution < -0.4 is 4.72 Å². The first-order chi connectivity index (χ1) is 9.19. The van der Waals surface area contributed by atoms with Gasteiger partial charge in [-0.1, -0.05) is 0 Å². The van der Waals surface area contributed by atoms with E-state index in [1.165, 1.54) is 4.31 Å². The quantitative estimate of drug-likeness (QED) is 0.767. The largest absolute Gasteiger partial charge is 0.444 e. The molecule has 0 unspecified atom stereocenters. The third-order valence-corrected chi connectivity index (χ3v) is 5.04. The van der Waals surface area contributed by atoms with Gasteiger partial charge in [-0.3, -0.25) is 0 Å². The number of hydrogen-bond donors (Lipinski definition) is 1. The normalized spacial score (nSPS) is 27.6. The summed E-state index contributed by atoms with van der Waals surface area (Å²) in [4.78, 5) is 13.6. The van der Waals surface area contributed by atoms with Crippen molar-refractivity contribution >= 4 is 16.3 Å². The summed E-state index contributed by atoms with van der Waals surface area (Å²) in [5.74, 6) is 0. The highest BCUT2D eigenvalue weighted by atomic mass is 32.2. The Morgan fingerprint density at radius 3 is 2.60 bits per heavy atom. The lowest BCUT2D eigenvalue weighted by molar-refractivity contribution is 0.0286. The number of rotatable bonds is 1. The molecule has 2 saturated heterocycles. The molecule has 8 heteroatoms. The smallest absolute Gasteiger partial charge is 0.410 e. The van der Waals surface area contributed by atoms with Gasteiger partial charge < -0.3 is 9.64 Å². The SMILES string of the molecule is CC(C)(C)OC(=O)N1CC[C@H](N2CCCNS2(=O)=O)C1. The second kappa shape index (κ2) is 5.50. The molecule has 0 aliphatic carbocycles. The first-order valence-electron chi connectivity index (χ1n) is 6.93. The van der Waals surface area contributed by atoms with Gasteiger partial charge in [-0.25, -0.2) is 9.52 Å². The molecule has 116 valence electrons. The average molecular weight is 305 g/mol. The number of likely N-dealkylation sites (tertiary alicyclic amines) is 1. The van der Waals surface area contributed by atoms with Gasteiger partial charge in [-0.15, -0.1) is 0 Å². The van der Waals surface area contributed by atoms with Crippen LogP contribution in [0.2, 0.25) is 0 Å². The number of nitrogens with one attached hydrogen (secondary N) is 1. The zero-order chi connectivity index (χ0) is 15.0. The van der Waals surface area contributed by atoms with Crippen molar-refractivity contribution in [2.24, 2.45) is 0 Å². The summed E-state index contributed by atoms with van der Waals surface area (Å²) in [6, 6.07) is -0.152. The van der Waals surface area contributed by atoms with Crippen molar-refractivity contribution in [3.8, 4) is 0 Å². The monoisotopic (exact) mass is 305 g/mol. The van der Waals surface area contributed by atoms with Crippen LogP contribution in [0.1, 0.15) is 33.6 Å². The fourth-order valence-electron chi connectivity index (χ4n) is 2.49. The predicted octanol–water partition coefficient (Wildman–Crippen LogP) is 0.536. The van der Waals surface area contributed by atoms with Crippen molar-refractivity contribution in [2.75, 3.05) is 26.2 Å². The number of hydrogen-bond acceptors (Lipinski definition) is 4. The van der Waals surface area contributed by atoms with Crippen LogP contribution in [-0.4, -0.2) is 61.5 Å². The summed E-state index contributed by atoms with van der Waals surface area (Å²) in [6.07, 6.45) is 1.07. The minimum atomic E-state index is -3.39. The van der Waals surface area contributed by atoms with Gasteiger partial charge in [0.15, 0.2) is 0 Å². The molecule has 2 fully saturated rings. The van der Waals surface area contributed by atoms with E-state index in [1.54, 1.807) is 4.90 Å². The highest BCUT2D eigenvalue weighted by Gasteiger charge is 2.38. The third kappa shape index (κ3) is 3.62. The summed E-state index contributed by atoms with van der Waals surface area (Å²) >= 11 is 0. The molecule has 0 aromatic carbocycles. The summed E-state index contributed by atoms with van der Waals surface area (Å²) in [5.41, 5.74) is -0.534. The van der Waals surface area contributed by atoms with Crippen LogP contribution in [0, 0.1) is 0 Å². The molecule has 0 bridgehead atoms. The number of amides is 1. The van der Waals surface area contributed by atoms with Gasteiger partial charge in [-0.2, -0.15) is 12.7 Å². The first-order valence-corrected chi connectivity index (χ1v) is 8.37. The Bertz CT molecular complexity index is 472. The van der Waals surface area contributed by atoms with Gasteiger partial charge >= 0.3 is 6.09 Å². The molecular formula is C12H23N3O4S. The second-order valence-electron chi connectivity index (χ2n) is 6.23. The molecule has 0 saturated carbocycles. The van der Waals surface area contributed by atoms with Crippen LogP contribution in [0.4, 0.5) is 4.79 Å². The van der Waals surface area contributed by atoms with E-state index >= 15 is 0 Å². The van der Waals surface area contributed by atoms with Gasteiger partial charge in [0, 0.05) is 32.2 Å². The third-order valence-electron chi connectivity index (χ3n) is 3.37. The Labute approximate surface area is 120 Å². The fraction of sp³-hybridized carbons (Fsp3) is 0.917. The van der Waals surface area contributed by atoms with Crippen molar-refractivity contribution in [1.29, 1.82) is 0 Å². The molecule has 2 aliphatic heterocycles. The predicted molar refractivity (Wildman–Crippen MR) is 74.5 cm³/mol. The van der Waals surface area contributed by atoms with E-state index in [9.17, 15) is 13.2 Å². The van der Waals surface area contributed by atoms with E-state index in [0.29, 0.717) is 32.6 Å². The molecule has 0 radical (unpaired) electrons. The number of nitrogens with zero attached hydrogens (tertiary/aromatic N) is 2. The van der Waals surface area contributed by atoms with Crippen LogP contribution in [0.25, 0.3) is 0 Å². The lowest BCUT2D eigenvalue weighted by atomic mass is 10.2. The molecule has 0 aromatic rings. The Morgan fingerprint density at radius 1 is 1.30 bits per heavy atom. The van der Waals surface area contributed by atoms with Crippen LogP contribution in [0.3, 0.4) is 0 Å². The van der Waals surface area contributed by atoms with E-state index in [0.717, 1.165) is 6.42 Å². The van der Waals surface area contributed by atoms with Crippen molar-refractivity contribution in [1.82, 2.24) is 13.9 Å². The van der Waals surface area contributed by atoms with E-state index in [-0.39, 0.29) is 12.1 Å². The van der Waals surface area contributed by atoms with Crippen LogP contribution in [-0.2, 0) is 14.9 Å². The van der Waals surface area contributed by atoms with E-state index in [2.05, 4.69) is 4.72 Å². The van der Waals surface area contributed by atoms with Gasteiger partial charge in [-0.05, 0) is 33.6 Å². The van der Waals surface area contributed by atoms with Gasteiger partial charge in [0.25, 0.3) is 10.2 Å². The Hall–Kier alpha value is -0.860. The van der Waals surface area contributed by atoms with Gasteiger partial charge in [0.1, 0.15) is 5.60 Å². The minimum Gasteiger partial charge on any atom is -0.444 e. The number of carbonyl (C=O) groups excluding carboxylic acids is 1. The molecule has 1 atom stereocenters. The highest BCUT2D eigenvalue weighted by Crippen LogP contribution is 2.22. The molecule has 1 N–H and O–H groups in total. The topological polar surface area (TPSA) is 79.0 Å². The summed E-state index contributed by atoms with van der Waals surface area (Å²) < 4.78 is 33.2. The number of carbonyl (C=O) groups is 1. The standard InChI is InChI=1S/C12H23N3O4S/c1-12(2,3)19-11(16)14-8-5-10(9-14)15-7-4-6-13-20(15,17)18/h10,13H,4-9H2,1-3H3/t10-/m0/s1. The molecule has 20 heavy (non-hydrogen) atoms. The van der Waals surface area contributed by atoms with Crippen molar-refractivity contribution in [3.63, 3.8) is 0 Å². The van der Waals surface area contributed by atoms with Crippen molar-refractivity contribution in [3.05, 3.63) is 0 Å². The molecule has 0 aromatic heterocycles. The second-order valence-corrected chi connectivity index (χ2v) is 7.94. The minimum absolute atomic E-state index is 0.152. The van der Waals surface area contributed by atoms with Gasteiger partial charge in [0.2, 0.25) is 0 Å². The van der Waals surface area contributed by atoms with Crippen LogP contribution in [0.15, 0.2) is 0 Å². The maximum absolute atomic E-state index is 12.0. The molecule has 7 nitrogen and oxygen atoms in total. The maximum atomic E-state index is 12.0. The molecule has 0 spiro atoms. The fourth-order valence-corrected chi connectivity index (χ4v) is 3.99. The molecule has 2 heterocycles. The van der Waals surface area contributed by atoms with Gasteiger partial charge in [0.05, 0.1) is 0 Å². The van der Waals surface area contributed by atoms with Crippen molar-refractivity contribution < 1.29 is 17.9 Å². The van der Waals surface area contributed by atoms with Crippen LogP contribution >= 0.6 is 0 Å². The highest BCUT2D eigenvalue weighted by molar-refractivity contribution is 7.87. The average Bonchev–Trinajstić information content (AvgIpc) is 2.75. The van der Waals surface area contributed by atoms with E-state index in [4.69, 9.17) is 4.74 Å². The summed E-state index contributed by atoms with van der Waals surface area (Å²) in [7, 11) is -3.39. The molecule has 1 amide bonds. The number of ether oxygens (including phenoxy) is 1. The zero-order valence-corrected chi connectivity index (χ0v) is 13.1. The Kier molecular flexibility index (Phi) is 4.27. The summed E-state index contributed by atoms with van der Waals surface area (Å²) in [5, 5.41) is 0. The molecule has 2 aliphatic rings. The molecule has 2 rings (SSSR count). The molecular weight excluding hydrogens is 282 g/mol. The Balaban J connectivity index is 1.97. The maximum Gasteiger partial charge on any atom is 0.410 e. The van der Waals surface area contributed by atoms with Crippen molar-refractivity contribution in [2.45, 2.75) is 45.3 Å².